The molecule has 0 bridgehead atoms. The van der Waals surface area contributed by atoms with E-state index in [1.54, 1.807) is 6.07 Å². The van der Waals surface area contributed by atoms with Crippen molar-refractivity contribution >= 4 is 22.8 Å². The average Bonchev–Trinajstić information content (AvgIpc) is 3.05. The first kappa shape index (κ1) is 19.4. The van der Waals surface area contributed by atoms with Gasteiger partial charge in [-0.15, -0.1) is 0 Å². The fourth-order valence-electron chi connectivity index (χ4n) is 3.59. The van der Waals surface area contributed by atoms with Gasteiger partial charge in [0.1, 0.15) is 5.69 Å². The Morgan fingerprint density at radius 2 is 1.96 bits per heavy atom. The van der Waals surface area contributed by atoms with Crippen LogP contribution in [-0.4, -0.2) is 41.7 Å². The number of aromatic amines is 1. The average molecular weight is 372 g/mol. The molecule has 3 N–H and O–H groups in total. The molecule has 1 aromatic heterocycles. The number of H-pyrrole nitrogens is 1. The number of carbonyl (C=O) groups excluding carboxylic acids is 1. The number of hydrogen-bond acceptors (Lipinski definition) is 3. The molecule has 1 amide bonds. The molecule has 146 valence electrons. The Morgan fingerprint density at radius 3 is 2.59 bits per heavy atom. The minimum Gasteiger partial charge on any atom is -0.481 e. The number of fused-ring (bicyclic) bond motifs is 1. The van der Waals surface area contributed by atoms with Crippen molar-refractivity contribution in [2.45, 2.75) is 39.0 Å². The van der Waals surface area contributed by atoms with Gasteiger partial charge in [-0.05, 0) is 41.9 Å². The summed E-state index contributed by atoms with van der Waals surface area (Å²) < 4.78 is 5.31. The summed E-state index contributed by atoms with van der Waals surface area (Å²) in [6.07, 6.45) is 1.43. The van der Waals surface area contributed by atoms with Crippen LogP contribution in [0, 0.1) is 11.8 Å². The summed E-state index contributed by atoms with van der Waals surface area (Å²) in [5, 5.41) is 13.3. The van der Waals surface area contributed by atoms with Crippen LogP contribution in [0.5, 0.6) is 0 Å². The Hall–Kier alpha value is -2.34. The van der Waals surface area contributed by atoms with Gasteiger partial charge in [-0.25, -0.2) is 0 Å². The van der Waals surface area contributed by atoms with Crippen LogP contribution < -0.4 is 5.32 Å². The highest BCUT2D eigenvalue weighted by Crippen LogP contribution is 2.27. The molecule has 27 heavy (non-hydrogen) atoms. The van der Waals surface area contributed by atoms with E-state index >= 15 is 0 Å². The number of amides is 1. The van der Waals surface area contributed by atoms with Gasteiger partial charge in [-0.2, -0.15) is 0 Å². The van der Waals surface area contributed by atoms with E-state index in [-0.39, 0.29) is 23.8 Å². The Balaban J connectivity index is 1.70. The Bertz CT molecular complexity index is 828. The van der Waals surface area contributed by atoms with Crippen LogP contribution in [0.25, 0.3) is 10.9 Å². The van der Waals surface area contributed by atoms with Crippen molar-refractivity contribution < 1.29 is 19.4 Å². The third kappa shape index (κ3) is 4.50. The van der Waals surface area contributed by atoms with Gasteiger partial charge in [0.25, 0.3) is 5.91 Å². The number of ether oxygens (including phenoxy) is 1. The maximum atomic E-state index is 12.5. The number of benzene rings is 1. The molecule has 1 aliphatic rings. The molecule has 0 spiro atoms. The predicted octanol–water partition coefficient (Wildman–Crippen LogP) is 3.32. The van der Waals surface area contributed by atoms with E-state index in [1.807, 2.05) is 6.07 Å². The Kier molecular flexibility index (Phi) is 5.56. The second-order valence-corrected chi connectivity index (χ2v) is 8.34. The minimum atomic E-state index is -0.867. The molecule has 2 aromatic rings. The summed E-state index contributed by atoms with van der Waals surface area (Å²) in [5.41, 5.74) is 2.58. The van der Waals surface area contributed by atoms with E-state index in [4.69, 9.17) is 4.74 Å². The van der Waals surface area contributed by atoms with Crippen LogP contribution in [0.4, 0.5) is 0 Å². The van der Waals surface area contributed by atoms with Crippen molar-refractivity contribution in [1.82, 2.24) is 10.3 Å². The number of aliphatic carboxylic acids is 1. The smallest absolute Gasteiger partial charge is 0.308 e. The first-order valence-corrected chi connectivity index (χ1v) is 9.47. The molecule has 1 unspecified atom stereocenters. The number of carbonyl (C=O) groups is 2. The second kappa shape index (κ2) is 7.72. The third-order valence-corrected chi connectivity index (χ3v) is 5.37. The van der Waals surface area contributed by atoms with Crippen molar-refractivity contribution in [3.05, 3.63) is 35.5 Å². The largest absolute Gasteiger partial charge is 0.481 e. The second-order valence-electron chi connectivity index (χ2n) is 8.34. The van der Waals surface area contributed by atoms with Gasteiger partial charge in [0, 0.05) is 30.7 Å². The molecule has 0 radical (unpaired) electrons. The number of rotatable bonds is 5. The van der Waals surface area contributed by atoms with E-state index in [1.165, 1.54) is 5.56 Å². The van der Waals surface area contributed by atoms with Crippen molar-refractivity contribution in [3.63, 3.8) is 0 Å². The highest BCUT2D eigenvalue weighted by Gasteiger charge is 2.30. The zero-order valence-electron chi connectivity index (χ0n) is 16.2. The summed E-state index contributed by atoms with van der Waals surface area (Å²) in [4.78, 5) is 27.3. The van der Waals surface area contributed by atoms with Crippen LogP contribution in [0.15, 0.2) is 24.3 Å². The summed E-state index contributed by atoms with van der Waals surface area (Å²) in [6, 6.07) is 7.95. The number of nitrogens with one attached hydrogen (secondary N) is 2. The fraction of sp³-hybridized carbons (Fsp3) is 0.524. The van der Waals surface area contributed by atoms with Crippen LogP contribution in [0.2, 0.25) is 0 Å². The molecule has 3 rings (SSSR count). The Morgan fingerprint density at radius 1 is 1.26 bits per heavy atom. The van der Waals surface area contributed by atoms with E-state index in [9.17, 15) is 14.7 Å². The standard InChI is InChI=1S/C21H28N2O4/c1-21(2,3)15-5-4-14-10-18(23-17(14)11-15)19(24)22-12-16(20(25)26)13-6-8-27-9-7-13/h4-5,10-11,13,16,23H,6-9,12H2,1-3H3,(H,22,24)(H,25,26). The van der Waals surface area contributed by atoms with Crippen molar-refractivity contribution in [1.29, 1.82) is 0 Å². The van der Waals surface area contributed by atoms with Crippen molar-refractivity contribution in [2.24, 2.45) is 11.8 Å². The maximum Gasteiger partial charge on any atom is 0.308 e. The first-order valence-electron chi connectivity index (χ1n) is 9.47. The summed E-state index contributed by atoms with van der Waals surface area (Å²) in [7, 11) is 0. The lowest BCUT2D eigenvalue weighted by Gasteiger charge is -2.27. The van der Waals surface area contributed by atoms with Crippen LogP contribution in [0.3, 0.4) is 0 Å². The molecule has 1 aromatic carbocycles. The van der Waals surface area contributed by atoms with Gasteiger partial charge in [0.2, 0.25) is 0 Å². The lowest BCUT2D eigenvalue weighted by molar-refractivity contribution is -0.144. The molecule has 6 nitrogen and oxygen atoms in total. The molecular formula is C21H28N2O4. The van der Waals surface area contributed by atoms with Gasteiger partial charge >= 0.3 is 5.97 Å². The molecular weight excluding hydrogens is 344 g/mol. The SMILES string of the molecule is CC(C)(C)c1ccc2cc(C(=O)NCC(C(=O)O)C3CCOCC3)[nH]c2c1. The van der Waals surface area contributed by atoms with Gasteiger partial charge in [0.15, 0.2) is 0 Å². The van der Waals surface area contributed by atoms with Crippen LogP contribution in [-0.2, 0) is 14.9 Å². The summed E-state index contributed by atoms with van der Waals surface area (Å²) in [5.74, 6) is -1.70. The molecule has 2 heterocycles. The first-order chi connectivity index (χ1) is 12.8. The maximum absolute atomic E-state index is 12.5. The van der Waals surface area contributed by atoms with Crippen LogP contribution >= 0.6 is 0 Å². The van der Waals surface area contributed by atoms with Gasteiger partial charge in [0.05, 0.1) is 5.92 Å². The topological polar surface area (TPSA) is 91.4 Å². The number of carboxylic acid groups (broad SMARTS) is 1. The van der Waals surface area contributed by atoms with E-state index in [0.717, 1.165) is 23.7 Å². The van der Waals surface area contributed by atoms with E-state index in [2.05, 4.69) is 43.2 Å². The van der Waals surface area contributed by atoms with Gasteiger partial charge in [-0.3, -0.25) is 9.59 Å². The molecule has 0 saturated carbocycles. The number of carboxylic acids is 1. The number of hydrogen-bond donors (Lipinski definition) is 3. The van der Waals surface area contributed by atoms with Crippen LogP contribution in [0.1, 0.15) is 49.7 Å². The minimum absolute atomic E-state index is 0.0279. The van der Waals surface area contributed by atoms with Gasteiger partial charge < -0.3 is 20.1 Å². The quantitative estimate of drug-likeness (QED) is 0.751. The zero-order valence-corrected chi connectivity index (χ0v) is 16.2. The third-order valence-electron chi connectivity index (χ3n) is 5.37. The predicted molar refractivity (Wildman–Crippen MR) is 104 cm³/mol. The molecule has 1 atom stereocenters. The van der Waals surface area contributed by atoms with Crippen molar-refractivity contribution in [3.8, 4) is 0 Å². The summed E-state index contributed by atoms with van der Waals surface area (Å²) in [6.45, 7) is 7.73. The molecule has 0 aliphatic carbocycles. The molecule has 1 aliphatic heterocycles. The van der Waals surface area contributed by atoms with E-state index in [0.29, 0.717) is 18.9 Å². The Labute approximate surface area is 159 Å². The zero-order chi connectivity index (χ0) is 19.6. The monoisotopic (exact) mass is 372 g/mol. The highest BCUT2D eigenvalue weighted by atomic mass is 16.5. The lowest BCUT2D eigenvalue weighted by Crippen LogP contribution is -2.39. The van der Waals surface area contributed by atoms with Gasteiger partial charge in [-0.1, -0.05) is 32.9 Å². The normalized spacial score (nSPS) is 17.0. The summed E-state index contributed by atoms with van der Waals surface area (Å²) >= 11 is 0. The highest BCUT2D eigenvalue weighted by molar-refractivity contribution is 5.98. The molecule has 1 saturated heterocycles. The molecule has 1 fully saturated rings. The lowest BCUT2D eigenvalue weighted by atomic mass is 9.86. The molecule has 6 heteroatoms. The fourth-order valence-corrected chi connectivity index (χ4v) is 3.59. The van der Waals surface area contributed by atoms with E-state index < -0.39 is 11.9 Å². The van der Waals surface area contributed by atoms with Crippen molar-refractivity contribution in [2.75, 3.05) is 19.8 Å². The number of aromatic nitrogens is 1.